The first-order chi connectivity index (χ1) is 13.7. The average molecular weight is 380 g/mol. The molecule has 3 saturated heterocycles. The molecule has 3 heterocycles. The minimum atomic E-state index is 0.151. The number of fused-ring (bicyclic) bond motifs is 4. The van der Waals surface area contributed by atoms with Crippen molar-refractivity contribution < 1.29 is 14.3 Å². The molecule has 0 spiro atoms. The minimum absolute atomic E-state index is 0.151. The van der Waals surface area contributed by atoms with E-state index in [4.69, 9.17) is 9.47 Å². The van der Waals surface area contributed by atoms with E-state index in [-0.39, 0.29) is 5.91 Å². The van der Waals surface area contributed by atoms with Crippen LogP contribution in [0.1, 0.15) is 28.8 Å². The Balaban J connectivity index is 1.52. The van der Waals surface area contributed by atoms with Crippen molar-refractivity contribution in [1.82, 2.24) is 9.80 Å². The third kappa shape index (κ3) is 3.72. The number of nitrogens with zero attached hydrogens (tertiary/aromatic N) is 2. The van der Waals surface area contributed by atoms with E-state index in [0.717, 1.165) is 55.2 Å². The first-order valence-corrected chi connectivity index (χ1v) is 9.98. The van der Waals surface area contributed by atoms with Gasteiger partial charge < -0.3 is 14.4 Å². The van der Waals surface area contributed by atoms with Gasteiger partial charge in [0.1, 0.15) is 0 Å². The molecule has 5 rings (SSSR count). The molecule has 0 aromatic heterocycles. The van der Waals surface area contributed by atoms with Crippen LogP contribution in [0.25, 0.3) is 0 Å². The molecule has 148 valence electrons. The van der Waals surface area contributed by atoms with Crippen molar-refractivity contribution in [2.45, 2.75) is 25.4 Å². The molecule has 0 N–H and O–H groups in total. The van der Waals surface area contributed by atoms with Gasteiger partial charge in [0.15, 0.2) is 11.5 Å². The summed E-state index contributed by atoms with van der Waals surface area (Å²) >= 11 is 0. The Bertz CT molecular complexity index is 824. The quantitative estimate of drug-likeness (QED) is 0.797. The van der Waals surface area contributed by atoms with E-state index < -0.39 is 0 Å². The number of carbonyl (C=O) groups is 1. The molecular weight excluding hydrogens is 352 g/mol. The van der Waals surface area contributed by atoms with Crippen LogP contribution in [0.3, 0.4) is 0 Å². The number of hydrogen-bond donors (Lipinski definition) is 0. The Labute approximate surface area is 166 Å². The predicted molar refractivity (Wildman–Crippen MR) is 109 cm³/mol. The van der Waals surface area contributed by atoms with Gasteiger partial charge in [-0.3, -0.25) is 9.69 Å². The van der Waals surface area contributed by atoms with Gasteiger partial charge in [-0.25, -0.2) is 0 Å². The van der Waals surface area contributed by atoms with E-state index in [1.165, 1.54) is 6.42 Å². The van der Waals surface area contributed by atoms with E-state index in [1.807, 2.05) is 42.5 Å². The van der Waals surface area contributed by atoms with Crippen molar-refractivity contribution >= 4 is 5.91 Å². The second-order valence-electron chi connectivity index (χ2n) is 7.76. The summed E-state index contributed by atoms with van der Waals surface area (Å²) in [5, 5.41) is 0. The third-order valence-corrected chi connectivity index (χ3v) is 5.99. The first-order valence-electron chi connectivity index (χ1n) is 9.98. The summed E-state index contributed by atoms with van der Waals surface area (Å²) in [6, 6.07) is 16.1. The van der Waals surface area contributed by atoms with Gasteiger partial charge in [-0.15, -0.1) is 0 Å². The zero-order valence-corrected chi connectivity index (χ0v) is 16.6. The van der Waals surface area contributed by atoms with Crippen LogP contribution in [-0.4, -0.2) is 55.6 Å². The lowest BCUT2D eigenvalue weighted by Gasteiger charge is -2.36. The van der Waals surface area contributed by atoms with E-state index in [0.29, 0.717) is 12.0 Å². The zero-order valence-electron chi connectivity index (χ0n) is 16.6. The van der Waals surface area contributed by atoms with E-state index >= 15 is 0 Å². The van der Waals surface area contributed by atoms with Crippen molar-refractivity contribution in [3.8, 4) is 11.5 Å². The molecule has 3 aliphatic heterocycles. The summed E-state index contributed by atoms with van der Waals surface area (Å²) in [7, 11) is 3.36. The highest BCUT2D eigenvalue weighted by atomic mass is 16.5. The molecule has 3 aliphatic rings. The summed E-state index contributed by atoms with van der Waals surface area (Å²) < 4.78 is 11.1. The summed E-state index contributed by atoms with van der Waals surface area (Å²) in [5.41, 5.74) is 1.92. The number of methoxy groups -OCH3 is 2. The average Bonchev–Trinajstić information content (AvgIpc) is 3.05. The van der Waals surface area contributed by atoms with Gasteiger partial charge in [0.05, 0.1) is 14.2 Å². The number of rotatable bonds is 5. The molecule has 5 heteroatoms. The van der Waals surface area contributed by atoms with Gasteiger partial charge in [-0.05, 0) is 37.0 Å². The lowest BCUT2D eigenvalue weighted by atomic mass is 9.94. The van der Waals surface area contributed by atoms with Gasteiger partial charge in [0, 0.05) is 43.3 Å². The van der Waals surface area contributed by atoms with Crippen molar-refractivity contribution in [2.75, 3.05) is 33.9 Å². The summed E-state index contributed by atoms with van der Waals surface area (Å²) in [5.74, 6) is 2.24. The molecule has 0 radical (unpaired) electrons. The van der Waals surface area contributed by atoms with E-state index in [9.17, 15) is 4.79 Å². The number of para-hydroxylation sites is 1. The van der Waals surface area contributed by atoms with Crippen molar-refractivity contribution in [3.63, 3.8) is 0 Å². The Morgan fingerprint density at radius 1 is 0.964 bits per heavy atom. The Hall–Kier alpha value is -2.53. The molecule has 0 saturated carbocycles. The van der Waals surface area contributed by atoms with Crippen molar-refractivity contribution in [1.29, 1.82) is 0 Å². The molecule has 5 nitrogen and oxygen atoms in total. The van der Waals surface area contributed by atoms with Crippen LogP contribution in [0.5, 0.6) is 11.5 Å². The second-order valence-corrected chi connectivity index (χ2v) is 7.76. The van der Waals surface area contributed by atoms with Gasteiger partial charge in [-0.1, -0.05) is 30.3 Å². The molecule has 0 unspecified atom stereocenters. The smallest absolute Gasteiger partial charge is 0.253 e. The topological polar surface area (TPSA) is 42.0 Å². The summed E-state index contributed by atoms with van der Waals surface area (Å²) in [4.78, 5) is 17.6. The molecule has 2 atom stereocenters. The predicted octanol–water partition coefficient (Wildman–Crippen LogP) is 3.44. The Morgan fingerprint density at radius 3 is 2.54 bits per heavy atom. The fraction of sp³-hybridized carbons (Fsp3) is 0.435. The molecule has 1 amide bonds. The maximum Gasteiger partial charge on any atom is 0.253 e. The van der Waals surface area contributed by atoms with Crippen LogP contribution in [0.4, 0.5) is 0 Å². The maximum absolute atomic E-state index is 13.0. The maximum atomic E-state index is 13.0. The Morgan fingerprint density at radius 2 is 1.79 bits per heavy atom. The van der Waals surface area contributed by atoms with Crippen LogP contribution in [-0.2, 0) is 6.54 Å². The largest absolute Gasteiger partial charge is 0.493 e. The molecular formula is C23H28N2O3. The SMILES string of the molecule is COc1cccc(CN2C[C@H]3CC[C@@H]2CN(C(=O)c2ccccc2)C3)c1OC. The highest BCUT2D eigenvalue weighted by Crippen LogP contribution is 2.35. The fourth-order valence-corrected chi connectivity index (χ4v) is 4.60. The highest BCUT2D eigenvalue weighted by Gasteiger charge is 2.37. The van der Waals surface area contributed by atoms with Crippen LogP contribution in [0.15, 0.2) is 48.5 Å². The molecule has 3 fully saturated rings. The fourth-order valence-electron chi connectivity index (χ4n) is 4.60. The minimum Gasteiger partial charge on any atom is -0.493 e. The number of benzene rings is 2. The lowest BCUT2D eigenvalue weighted by Crippen LogP contribution is -2.44. The van der Waals surface area contributed by atoms with Crippen LogP contribution >= 0.6 is 0 Å². The monoisotopic (exact) mass is 380 g/mol. The van der Waals surface area contributed by atoms with Gasteiger partial charge in [0.25, 0.3) is 5.91 Å². The summed E-state index contributed by atoms with van der Waals surface area (Å²) in [6.07, 6.45) is 2.32. The third-order valence-electron chi connectivity index (χ3n) is 5.99. The van der Waals surface area contributed by atoms with Gasteiger partial charge in [0.2, 0.25) is 0 Å². The Kier molecular flexibility index (Phi) is 5.53. The lowest BCUT2D eigenvalue weighted by molar-refractivity contribution is 0.0735. The van der Waals surface area contributed by atoms with Crippen LogP contribution < -0.4 is 9.47 Å². The van der Waals surface area contributed by atoms with Crippen LogP contribution in [0, 0.1) is 5.92 Å². The molecule has 2 aromatic rings. The van der Waals surface area contributed by atoms with Crippen molar-refractivity contribution in [2.24, 2.45) is 5.92 Å². The highest BCUT2D eigenvalue weighted by molar-refractivity contribution is 5.94. The summed E-state index contributed by atoms with van der Waals surface area (Å²) in [6.45, 7) is 3.46. The normalized spacial score (nSPS) is 22.0. The van der Waals surface area contributed by atoms with Gasteiger partial charge >= 0.3 is 0 Å². The standard InChI is InChI=1S/C23H28N2O3/c1-27-21-10-6-9-19(22(21)28-2)15-24-13-17-11-12-20(24)16-25(14-17)23(26)18-7-4-3-5-8-18/h3-10,17,20H,11-16H2,1-2H3/t17-,20-/m1/s1. The molecule has 28 heavy (non-hydrogen) atoms. The first kappa shape index (κ1) is 18.8. The van der Waals surface area contributed by atoms with Crippen LogP contribution in [0.2, 0.25) is 0 Å². The number of piperidine rings is 1. The zero-order chi connectivity index (χ0) is 19.5. The van der Waals surface area contributed by atoms with Crippen molar-refractivity contribution in [3.05, 3.63) is 59.7 Å². The second kappa shape index (κ2) is 8.23. The number of carbonyl (C=O) groups excluding carboxylic acids is 1. The molecule has 2 bridgehead atoms. The van der Waals surface area contributed by atoms with E-state index in [1.54, 1.807) is 14.2 Å². The molecule has 2 aromatic carbocycles. The molecule has 0 aliphatic carbocycles. The van der Waals surface area contributed by atoms with E-state index in [2.05, 4.69) is 15.9 Å². The number of hydrogen-bond acceptors (Lipinski definition) is 4. The number of ether oxygens (including phenoxy) is 2. The van der Waals surface area contributed by atoms with Gasteiger partial charge in [-0.2, -0.15) is 0 Å². The number of amides is 1.